The monoisotopic (exact) mass is 404 g/mol. The Morgan fingerprint density at radius 3 is 2.37 bits per heavy atom. The van der Waals surface area contributed by atoms with Crippen molar-refractivity contribution in [2.75, 3.05) is 12.4 Å². The second-order valence-electron chi connectivity index (χ2n) is 6.74. The molecule has 1 amide bonds. The van der Waals surface area contributed by atoms with E-state index in [0.29, 0.717) is 34.2 Å². The van der Waals surface area contributed by atoms with Gasteiger partial charge < -0.3 is 19.1 Å². The zero-order chi connectivity index (χ0) is 21.3. The Kier molecular flexibility index (Phi) is 5.05. The largest absolute Gasteiger partial charge is 0.479 e. The number of nitrogens with zero attached hydrogens (tertiary/aromatic N) is 3. The average molecular weight is 404 g/mol. The molecule has 3 aromatic heterocycles. The summed E-state index contributed by atoms with van der Waals surface area (Å²) < 4.78 is 15.9. The first-order valence-electron chi connectivity index (χ1n) is 9.31. The molecule has 1 N–H and O–H groups in total. The number of nitrogens with one attached hydrogen (secondary N) is 1. The van der Waals surface area contributed by atoms with E-state index in [9.17, 15) is 4.79 Å². The lowest BCUT2D eigenvalue weighted by Gasteiger charge is -2.11. The second kappa shape index (κ2) is 7.82. The van der Waals surface area contributed by atoms with Crippen molar-refractivity contribution < 1.29 is 18.6 Å². The van der Waals surface area contributed by atoms with Crippen LogP contribution in [0, 0.1) is 20.8 Å². The van der Waals surface area contributed by atoms with Crippen molar-refractivity contribution in [3.8, 4) is 28.4 Å². The van der Waals surface area contributed by atoms with Gasteiger partial charge in [0, 0.05) is 5.56 Å². The van der Waals surface area contributed by atoms with E-state index in [1.165, 1.54) is 7.11 Å². The lowest BCUT2D eigenvalue weighted by atomic mass is 10.1. The number of benzene rings is 1. The zero-order valence-electron chi connectivity index (χ0n) is 17.0. The Labute approximate surface area is 172 Å². The number of methoxy groups -OCH3 is 1. The summed E-state index contributed by atoms with van der Waals surface area (Å²) in [4.78, 5) is 17.6. The standard InChI is InChI=1S/C22H20N4O4/c1-12-18(13(2)29-25-12)16-10-11-17(22(24-16)28-4)23-21(27)19-14(3)30-26-20(19)15-8-6-5-7-9-15/h5-11H,1-4H3,(H,23,27). The van der Waals surface area contributed by atoms with Crippen LogP contribution in [-0.4, -0.2) is 28.3 Å². The molecule has 30 heavy (non-hydrogen) atoms. The third-order valence-corrected chi connectivity index (χ3v) is 4.73. The van der Waals surface area contributed by atoms with Crippen LogP contribution in [0.2, 0.25) is 0 Å². The molecule has 0 atom stereocenters. The predicted octanol–water partition coefficient (Wildman–Crippen LogP) is 4.58. The minimum absolute atomic E-state index is 0.274. The van der Waals surface area contributed by atoms with Crippen LogP contribution < -0.4 is 10.1 Å². The molecule has 0 bridgehead atoms. The molecule has 152 valence electrons. The van der Waals surface area contributed by atoms with E-state index in [1.807, 2.05) is 44.2 Å². The fraction of sp³-hybridized carbons (Fsp3) is 0.182. The van der Waals surface area contributed by atoms with E-state index >= 15 is 0 Å². The topological polar surface area (TPSA) is 103 Å². The maximum atomic E-state index is 13.1. The minimum atomic E-state index is -0.363. The second-order valence-corrected chi connectivity index (χ2v) is 6.74. The Morgan fingerprint density at radius 1 is 0.967 bits per heavy atom. The lowest BCUT2D eigenvalue weighted by molar-refractivity contribution is 0.102. The third-order valence-electron chi connectivity index (χ3n) is 4.73. The molecule has 0 saturated heterocycles. The van der Waals surface area contributed by atoms with Gasteiger partial charge in [0.2, 0.25) is 5.88 Å². The summed E-state index contributed by atoms with van der Waals surface area (Å²) in [6.45, 7) is 5.36. The molecule has 0 saturated carbocycles. The van der Waals surface area contributed by atoms with Gasteiger partial charge in [-0.15, -0.1) is 0 Å². The molecule has 0 spiro atoms. The number of hydrogen-bond donors (Lipinski definition) is 1. The maximum absolute atomic E-state index is 13.1. The number of amides is 1. The summed E-state index contributed by atoms with van der Waals surface area (Å²) in [5.74, 6) is 0.992. The molecule has 0 unspecified atom stereocenters. The van der Waals surface area contributed by atoms with Crippen LogP contribution in [0.5, 0.6) is 5.88 Å². The van der Waals surface area contributed by atoms with Gasteiger partial charge in [0.25, 0.3) is 5.91 Å². The summed E-state index contributed by atoms with van der Waals surface area (Å²) in [6, 6.07) is 12.9. The Balaban J connectivity index is 1.67. The molecule has 0 aliphatic carbocycles. The van der Waals surface area contributed by atoms with E-state index in [0.717, 1.165) is 16.8 Å². The van der Waals surface area contributed by atoms with Crippen LogP contribution in [0.15, 0.2) is 51.5 Å². The highest BCUT2D eigenvalue weighted by Crippen LogP contribution is 2.32. The van der Waals surface area contributed by atoms with E-state index in [2.05, 4.69) is 20.6 Å². The van der Waals surface area contributed by atoms with Crippen molar-refractivity contribution in [3.05, 3.63) is 65.2 Å². The fourth-order valence-electron chi connectivity index (χ4n) is 3.30. The average Bonchev–Trinajstić information content (AvgIpc) is 3.30. The third kappa shape index (κ3) is 3.43. The zero-order valence-corrected chi connectivity index (χ0v) is 17.0. The van der Waals surface area contributed by atoms with E-state index in [-0.39, 0.29) is 11.8 Å². The fourth-order valence-corrected chi connectivity index (χ4v) is 3.30. The van der Waals surface area contributed by atoms with Gasteiger partial charge in [-0.25, -0.2) is 4.98 Å². The molecule has 4 aromatic rings. The van der Waals surface area contributed by atoms with Crippen LogP contribution >= 0.6 is 0 Å². The number of anilines is 1. The smallest absolute Gasteiger partial charge is 0.261 e. The van der Waals surface area contributed by atoms with Gasteiger partial charge in [-0.1, -0.05) is 40.6 Å². The van der Waals surface area contributed by atoms with Crippen LogP contribution in [0.25, 0.3) is 22.5 Å². The van der Waals surface area contributed by atoms with Gasteiger partial charge in [0.15, 0.2) is 0 Å². The van der Waals surface area contributed by atoms with Crippen LogP contribution in [0.4, 0.5) is 5.69 Å². The number of rotatable bonds is 5. The van der Waals surface area contributed by atoms with Gasteiger partial charge in [-0.05, 0) is 32.9 Å². The molecule has 3 heterocycles. The summed E-state index contributed by atoms with van der Waals surface area (Å²) in [5, 5.41) is 10.9. The number of aromatic nitrogens is 3. The van der Waals surface area contributed by atoms with Crippen molar-refractivity contribution in [2.45, 2.75) is 20.8 Å². The van der Waals surface area contributed by atoms with Crippen molar-refractivity contribution in [2.24, 2.45) is 0 Å². The molecule has 1 aromatic carbocycles. The van der Waals surface area contributed by atoms with Gasteiger partial charge in [-0.2, -0.15) is 0 Å². The van der Waals surface area contributed by atoms with E-state index in [4.69, 9.17) is 13.8 Å². The van der Waals surface area contributed by atoms with Crippen molar-refractivity contribution >= 4 is 11.6 Å². The van der Waals surface area contributed by atoms with Crippen LogP contribution in [0.3, 0.4) is 0 Å². The highest BCUT2D eigenvalue weighted by Gasteiger charge is 2.23. The number of carbonyl (C=O) groups is 1. The molecule has 0 aliphatic rings. The normalized spacial score (nSPS) is 10.8. The molecule has 0 fully saturated rings. The highest BCUT2D eigenvalue weighted by molar-refractivity contribution is 6.09. The maximum Gasteiger partial charge on any atom is 0.261 e. The first kappa shape index (κ1) is 19.4. The Bertz CT molecular complexity index is 1190. The first-order valence-corrected chi connectivity index (χ1v) is 9.31. The summed E-state index contributed by atoms with van der Waals surface area (Å²) in [5.41, 5.74) is 4.23. The SMILES string of the molecule is COc1nc(-c2c(C)noc2C)ccc1NC(=O)c1c(-c2ccccc2)noc1C. The van der Waals surface area contributed by atoms with E-state index in [1.54, 1.807) is 19.1 Å². The molecule has 8 nitrogen and oxygen atoms in total. The van der Waals surface area contributed by atoms with Crippen LogP contribution in [-0.2, 0) is 0 Å². The van der Waals surface area contributed by atoms with E-state index < -0.39 is 0 Å². The van der Waals surface area contributed by atoms with Crippen LogP contribution in [0.1, 0.15) is 27.6 Å². The molecule has 8 heteroatoms. The molecular formula is C22H20N4O4. The number of pyridine rings is 1. The Hall–Kier alpha value is -3.94. The summed E-state index contributed by atoms with van der Waals surface area (Å²) >= 11 is 0. The molecular weight excluding hydrogens is 384 g/mol. The van der Waals surface area contributed by atoms with Crippen molar-refractivity contribution in [1.82, 2.24) is 15.3 Å². The summed E-state index contributed by atoms with van der Waals surface area (Å²) in [6.07, 6.45) is 0. The molecule has 0 radical (unpaired) electrons. The number of hydrogen-bond acceptors (Lipinski definition) is 7. The predicted molar refractivity (Wildman–Crippen MR) is 110 cm³/mol. The number of ether oxygens (including phenoxy) is 1. The number of carbonyl (C=O) groups excluding carboxylic acids is 1. The van der Waals surface area contributed by atoms with Gasteiger partial charge in [0.05, 0.1) is 24.1 Å². The van der Waals surface area contributed by atoms with Gasteiger partial charge in [-0.3, -0.25) is 4.79 Å². The lowest BCUT2D eigenvalue weighted by Crippen LogP contribution is -2.14. The highest BCUT2D eigenvalue weighted by atomic mass is 16.5. The van der Waals surface area contributed by atoms with Crippen molar-refractivity contribution in [1.29, 1.82) is 0 Å². The number of aryl methyl sites for hydroxylation is 3. The minimum Gasteiger partial charge on any atom is -0.479 e. The quantitative estimate of drug-likeness (QED) is 0.519. The van der Waals surface area contributed by atoms with Gasteiger partial charge in [0.1, 0.15) is 28.5 Å². The first-order chi connectivity index (χ1) is 14.5. The Morgan fingerprint density at radius 2 is 1.70 bits per heavy atom. The van der Waals surface area contributed by atoms with Gasteiger partial charge >= 0.3 is 0 Å². The summed E-state index contributed by atoms with van der Waals surface area (Å²) in [7, 11) is 1.50. The molecule has 4 rings (SSSR count). The van der Waals surface area contributed by atoms with Crippen molar-refractivity contribution in [3.63, 3.8) is 0 Å². The molecule has 0 aliphatic heterocycles.